The molecule has 0 fully saturated rings. The number of fused-ring (bicyclic) bond motifs is 1. The van der Waals surface area contributed by atoms with Gasteiger partial charge in [-0.05, 0) is 39.9 Å². The van der Waals surface area contributed by atoms with Crippen LogP contribution in [0.25, 0.3) is 10.8 Å². The summed E-state index contributed by atoms with van der Waals surface area (Å²) in [6.45, 7) is 4.06. The molecule has 0 aliphatic rings. The van der Waals surface area contributed by atoms with Gasteiger partial charge in [-0.15, -0.1) is 0 Å². The summed E-state index contributed by atoms with van der Waals surface area (Å²) in [7, 11) is 0. The zero-order valence-corrected chi connectivity index (χ0v) is 16.6. The van der Waals surface area contributed by atoms with Crippen LogP contribution in [0.2, 0.25) is 0 Å². The largest absolute Gasteiger partial charge is 0.350 e. The number of halogens is 1. The highest BCUT2D eigenvalue weighted by Crippen LogP contribution is 2.19. The van der Waals surface area contributed by atoms with Gasteiger partial charge >= 0.3 is 0 Å². The number of amides is 2. The van der Waals surface area contributed by atoms with Gasteiger partial charge in [0.25, 0.3) is 0 Å². The fourth-order valence-corrected chi connectivity index (χ4v) is 3.28. The molecule has 3 aromatic carbocycles. The van der Waals surface area contributed by atoms with Crippen LogP contribution in [0.5, 0.6) is 0 Å². The van der Waals surface area contributed by atoms with Crippen molar-refractivity contribution >= 4 is 22.6 Å². The number of benzene rings is 3. The van der Waals surface area contributed by atoms with Crippen molar-refractivity contribution in [3.05, 3.63) is 83.7 Å². The van der Waals surface area contributed by atoms with Crippen molar-refractivity contribution < 1.29 is 14.0 Å². The van der Waals surface area contributed by atoms with E-state index >= 15 is 0 Å². The summed E-state index contributed by atoms with van der Waals surface area (Å²) in [5.74, 6) is -0.840. The van der Waals surface area contributed by atoms with E-state index in [1.165, 1.54) is 12.1 Å². The minimum Gasteiger partial charge on any atom is -0.350 e. The van der Waals surface area contributed by atoms with E-state index in [0.717, 1.165) is 21.9 Å². The molecule has 150 valence electrons. The molecule has 0 spiro atoms. The molecule has 0 aliphatic carbocycles. The van der Waals surface area contributed by atoms with Crippen LogP contribution in [0.4, 0.5) is 4.39 Å². The number of carbonyl (C=O) groups is 2. The molecule has 2 N–H and O–H groups in total. The second-order valence-corrected chi connectivity index (χ2v) is 7.45. The number of rotatable bonds is 7. The lowest BCUT2D eigenvalue weighted by molar-refractivity contribution is -0.129. The van der Waals surface area contributed by atoms with Crippen molar-refractivity contribution in [2.75, 3.05) is 0 Å². The predicted molar refractivity (Wildman–Crippen MR) is 113 cm³/mol. The summed E-state index contributed by atoms with van der Waals surface area (Å²) < 4.78 is 13.0. The second kappa shape index (κ2) is 9.32. The fourth-order valence-electron chi connectivity index (χ4n) is 3.28. The summed E-state index contributed by atoms with van der Waals surface area (Å²) in [4.78, 5) is 25.3. The quantitative estimate of drug-likeness (QED) is 0.639. The summed E-state index contributed by atoms with van der Waals surface area (Å²) in [5, 5.41) is 7.80. The van der Waals surface area contributed by atoms with Gasteiger partial charge in [-0.2, -0.15) is 0 Å². The van der Waals surface area contributed by atoms with Crippen molar-refractivity contribution in [1.29, 1.82) is 0 Å². The first-order valence-electron chi connectivity index (χ1n) is 9.72. The fraction of sp³-hybridized carbons (Fsp3) is 0.250. The maximum atomic E-state index is 13.0. The van der Waals surface area contributed by atoms with Crippen LogP contribution in [-0.4, -0.2) is 17.9 Å². The normalized spacial score (nSPS) is 12.0. The van der Waals surface area contributed by atoms with E-state index in [1.807, 2.05) is 56.3 Å². The molecule has 5 heteroatoms. The zero-order valence-electron chi connectivity index (χ0n) is 16.6. The molecule has 0 saturated carbocycles. The highest BCUT2D eigenvalue weighted by Gasteiger charge is 2.24. The molecule has 3 rings (SSSR count). The first-order chi connectivity index (χ1) is 13.9. The molecule has 2 amide bonds. The van der Waals surface area contributed by atoms with Gasteiger partial charge in [0, 0.05) is 6.54 Å². The third kappa shape index (κ3) is 5.41. The predicted octanol–water partition coefficient (Wildman–Crippen LogP) is 3.98. The lowest BCUT2D eigenvalue weighted by atomic mass is 10.00. The SMILES string of the molecule is CC(C)[C@H](NC(=O)Cc1cccc2ccccc12)C(=O)NCc1ccc(F)cc1. The Hall–Kier alpha value is -3.21. The molecule has 0 aromatic heterocycles. The molecule has 0 unspecified atom stereocenters. The van der Waals surface area contributed by atoms with Gasteiger partial charge in [0.15, 0.2) is 0 Å². The Morgan fingerprint density at radius 3 is 2.34 bits per heavy atom. The standard InChI is InChI=1S/C24H25FN2O2/c1-16(2)23(24(29)26-15-17-10-12-20(25)13-11-17)27-22(28)14-19-8-5-7-18-6-3-4-9-21(18)19/h3-13,16,23H,14-15H2,1-2H3,(H,26,29)(H,27,28)/t23-/m0/s1. The zero-order chi connectivity index (χ0) is 20.8. The molecule has 0 radical (unpaired) electrons. The highest BCUT2D eigenvalue weighted by atomic mass is 19.1. The molecular weight excluding hydrogens is 367 g/mol. The maximum Gasteiger partial charge on any atom is 0.243 e. The third-order valence-electron chi connectivity index (χ3n) is 4.88. The molecule has 1 atom stereocenters. The number of carbonyl (C=O) groups excluding carboxylic acids is 2. The molecule has 0 heterocycles. The van der Waals surface area contributed by atoms with Crippen LogP contribution in [0, 0.1) is 11.7 Å². The molecule has 3 aromatic rings. The number of hydrogen-bond acceptors (Lipinski definition) is 2. The minimum atomic E-state index is -0.641. The molecule has 0 aliphatic heterocycles. The van der Waals surface area contributed by atoms with Crippen LogP contribution < -0.4 is 10.6 Å². The van der Waals surface area contributed by atoms with E-state index in [0.29, 0.717) is 0 Å². The van der Waals surface area contributed by atoms with Crippen LogP contribution in [0.1, 0.15) is 25.0 Å². The smallest absolute Gasteiger partial charge is 0.243 e. The average molecular weight is 392 g/mol. The highest BCUT2D eigenvalue weighted by molar-refractivity contribution is 5.92. The molecular formula is C24H25FN2O2. The van der Waals surface area contributed by atoms with Crippen molar-refractivity contribution in [3.8, 4) is 0 Å². The Morgan fingerprint density at radius 1 is 0.931 bits per heavy atom. The topological polar surface area (TPSA) is 58.2 Å². The van der Waals surface area contributed by atoms with Crippen LogP contribution >= 0.6 is 0 Å². The van der Waals surface area contributed by atoms with Crippen LogP contribution in [0.15, 0.2) is 66.7 Å². The Labute approximate surface area is 170 Å². The summed E-state index contributed by atoms with van der Waals surface area (Å²) >= 11 is 0. The first-order valence-corrected chi connectivity index (χ1v) is 9.72. The third-order valence-corrected chi connectivity index (χ3v) is 4.88. The summed E-state index contributed by atoms with van der Waals surface area (Å²) in [6, 6.07) is 19.1. The van der Waals surface area contributed by atoms with Gasteiger partial charge in [-0.3, -0.25) is 9.59 Å². The van der Waals surface area contributed by atoms with Crippen LogP contribution in [0.3, 0.4) is 0 Å². The molecule has 0 bridgehead atoms. The minimum absolute atomic E-state index is 0.0697. The van der Waals surface area contributed by atoms with Gasteiger partial charge in [-0.1, -0.05) is 68.4 Å². The Bertz CT molecular complexity index is 994. The van der Waals surface area contributed by atoms with Crippen molar-refractivity contribution in [2.24, 2.45) is 5.92 Å². The Balaban J connectivity index is 1.63. The first kappa shape index (κ1) is 20.5. The Morgan fingerprint density at radius 2 is 1.62 bits per heavy atom. The van der Waals surface area contributed by atoms with Gasteiger partial charge in [0.1, 0.15) is 11.9 Å². The van der Waals surface area contributed by atoms with E-state index in [4.69, 9.17) is 0 Å². The van der Waals surface area contributed by atoms with Gasteiger partial charge in [0.05, 0.1) is 6.42 Å². The Kier molecular flexibility index (Phi) is 6.60. The molecule has 0 saturated heterocycles. The summed E-state index contributed by atoms with van der Waals surface area (Å²) in [6.07, 6.45) is 0.204. The molecule has 4 nitrogen and oxygen atoms in total. The lowest BCUT2D eigenvalue weighted by Crippen LogP contribution is -2.49. The monoisotopic (exact) mass is 392 g/mol. The number of hydrogen-bond donors (Lipinski definition) is 2. The van der Waals surface area contributed by atoms with Gasteiger partial charge < -0.3 is 10.6 Å². The van der Waals surface area contributed by atoms with E-state index in [1.54, 1.807) is 12.1 Å². The second-order valence-electron chi connectivity index (χ2n) is 7.45. The van der Waals surface area contributed by atoms with Gasteiger partial charge in [-0.25, -0.2) is 4.39 Å². The van der Waals surface area contributed by atoms with Gasteiger partial charge in [0.2, 0.25) is 11.8 Å². The van der Waals surface area contributed by atoms with E-state index < -0.39 is 6.04 Å². The number of nitrogens with one attached hydrogen (secondary N) is 2. The van der Waals surface area contributed by atoms with Crippen LogP contribution in [-0.2, 0) is 22.6 Å². The van der Waals surface area contributed by atoms with E-state index in [-0.39, 0.29) is 36.5 Å². The maximum absolute atomic E-state index is 13.0. The lowest BCUT2D eigenvalue weighted by Gasteiger charge is -2.22. The van der Waals surface area contributed by atoms with E-state index in [9.17, 15) is 14.0 Å². The van der Waals surface area contributed by atoms with Crippen molar-refractivity contribution in [1.82, 2.24) is 10.6 Å². The average Bonchev–Trinajstić information content (AvgIpc) is 2.71. The summed E-state index contributed by atoms with van der Waals surface area (Å²) in [5.41, 5.74) is 1.72. The van der Waals surface area contributed by atoms with Crippen molar-refractivity contribution in [2.45, 2.75) is 32.9 Å². The molecule has 29 heavy (non-hydrogen) atoms. The van der Waals surface area contributed by atoms with Crippen molar-refractivity contribution in [3.63, 3.8) is 0 Å². The van der Waals surface area contributed by atoms with E-state index in [2.05, 4.69) is 10.6 Å².